The standard InChI is InChI=1S/C16H18N2O4S2/c1-9-13(24-16(23)18-9)7-14(19)17-8-10-4-5-12(21-2)11(6-10)15(20)22-3/h4-6H,7-8H2,1-3H3,(H,17,19)(H,18,23). The maximum atomic E-state index is 12.1. The molecule has 0 atom stereocenters. The summed E-state index contributed by atoms with van der Waals surface area (Å²) in [6.45, 7) is 2.20. The quantitative estimate of drug-likeness (QED) is 0.607. The van der Waals surface area contributed by atoms with E-state index in [4.69, 9.17) is 21.7 Å². The molecule has 1 heterocycles. The van der Waals surface area contributed by atoms with E-state index in [0.29, 0.717) is 21.8 Å². The fourth-order valence-electron chi connectivity index (χ4n) is 2.15. The third-order valence-corrected chi connectivity index (χ3v) is 4.74. The lowest BCUT2D eigenvalue weighted by molar-refractivity contribution is -0.120. The van der Waals surface area contributed by atoms with Crippen LogP contribution in [0.15, 0.2) is 18.2 Å². The highest BCUT2D eigenvalue weighted by Gasteiger charge is 2.14. The molecule has 0 saturated heterocycles. The van der Waals surface area contributed by atoms with Crippen molar-refractivity contribution in [2.75, 3.05) is 14.2 Å². The zero-order chi connectivity index (χ0) is 17.7. The lowest BCUT2D eigenvalue weighted by atomic mass is 10.1. The molecule has 0 spiro atoms. The summed E-state index contributed by atoms with van der Waals surface area (Å²) in [5, 5.41) is 2.83. The number of rotatable bonds is 6. The zero-order valence-corrected chi connectivity index (χ0v) is 15.2. The molecule has 0 fully saturated rings. The Hall–Kier alpha value is -2.19. The van der Waals surface area contributed by atoms with Crippen LogP contribution in [0.1, 0.15) is 26.5 Å². The van der Waals surface area contributed by atoms with Crippen molar-refractivity contribution >= 4 is 35.4 Å². The summed E-state index contributed by atoms with van der Waals surface area (Å²) in [7, 11) is 2.79. The Labute approximate surface area is 148 Å². The van der Waals surface area contributed by atoms with Crippen LogP contribution in [0.4, 0.5) is 0 Å². The summed E-state index contributed by atoms with van der Waals surface area (Å²) >= 11 is 6.46. The van der Waals surface area contributed by atoms with Gasteiger partial charge >= 0.3 is 5.97 Å². The second-order valence-electron chi connectivity index (χ2n) is 5.04. The van der Waals surface area contributed by atoms with Crippen LogP contribution in [0.2, 0.25) is 0 Å². The van der Waals surface area contributed by atoms with E-state index in [1.165, 1.54) is 25.6 Å². The van der Waals surface area contributed by atoms with Crippen molar-refractivity contribution in [1.29, 1.82) is 0 Å². The molecule has 1 aromatic heterocycles. The van der Waals surface area contributed by atoms with Gasteiger partial charge in [0.05, 0.1) is 20.6 Å². The fourth-order valence-corrected chi connectivity index (χ4v) is 3.44. The number of H-pyrrole nitrogens is 1. The van der Waals surface area contributed by atoms with Crippen LogP contribution in [0, 0.1) is 10.9 Å². The van der Waals surface area contributed by atoms with Gasteiger partial charge < -0.3 is 19.8 Å². The molecule has 0 aliphatic carbocycles. The van der Waals surface area contributed by atoms with Crippen molar-refractivity contribution in [2.45, 2.75) is 19.9 Å². The normalized spacial score (nSPS) is 10.3. The second-order valence-corrected chi connectivity index (χ2v) is 6.81. The van der Waals surface area contributed by atoms with Crippen LogP contribution in [0.25, 0.3) is 0 Å². The van der Waals surface area contributed by atoms with Crippen molar-refractivity contribution in [2.24, 2.45) is 0 Å². The number of carbonyl (C=O) groups is 2. The van der Waals surface area contributed by atoms with Crippen LogP contribution < -0.4 is 10.1 Å². The number of aryl methyl sites for hydroxylation is 1. The van der Waals surface area contributed by atoms with E-state index >= 15 is 0 Å². The van der Waals surface area contributed by atoms with Crippen LogP contribution in [0.3, 0.4) is 0 Å². The maximum Gasteiger partial charge on any atom is 0.341 e. The van der Waals surface area contributed by atoms with Crippen molar-refractivity contribution in [3.8, 4) is 5.75 Å². The summed E-state index contributed by atoms with van der Waals surface area (Å²) in [6, 6.07) is 5.11. The number of hydrogen-bond donors (Lipinski definition) is 2. The molecule has 0 saturated carbocycles. The smallest absolute Gasteiger partial charge is 0.341 e. The summed E-state index contributed by atoms with van der Waals surface area (Å²) in [4.78, 5) is 27.8. The Kier molecular flexibility index (Phi) is 6.10. The number of hydrogen-bond acceptors (Lipinski definition) is 6. The molecule has 24 heavy (non-hydrogen) atoms. The average molecular weight is 366 g/mol. The molecule has 0 aliphatic rings. The number of thiazole rings is 1. The summed E-state index contributed by atoms with van der Waals surface area (Å²) < 4.78 is 10.5. The molecule has 1 aromatic carbocycles. The first-order chi connectivity index (χ1) is 11.4. The fraction of sp³-hybridized carbons (Fsp3) is 0.312. The van der Waals surface area contributed by atoms with Gasteiger partial charge in [-0.1, -0.05) is 6.07 Å². The number of methoxy groups -OCH3 is 2. The highest BCUT2D eigenvalue weighted by Crippen LogP contribution is 2.21. The largest absolute Gasteiger partial charge is 0.496 e. The molecule has 1 amide bonds. The minimum atomic E-state index is -0.484. The van der Waals surface area contributed by atoms with E-state index in [2.05, 4.69) is 10.3 Å². The minimum Gasteiger partial charge on any atom is -0.496 e. The Bertz CT molecular complexity index is 811. The van der Waals surface area contributed by atoms with Gasteiger partial charge in [0.25, 0.3) is 0 Å². The Morgan fingerprint density at radius 2 is 2.08 bits per heavy atom. The maximum absolute atomic E-state index is 12.1. The molecular weight excluding hydrogens is 348 g/mol. The molecule has 0 radical (unpaired) electrons. The van der Waals surface area contributed by atoms with Gasteiger partial charge in [-0.05, 0) is 36.8 Å². The number of ether oxygens (including phenoxy) is 2. The first-order valence-corrected chi connectivity index (χ1v) is 8.37. The van der Waals surface area contributed by atoms with Gasteiger partial charge in [0.15, 0.2) is 3.95 Å². The van der Waals surface area contributed by atoms with E-state index in [9.17, 15) is 9.59 Å². The number of aromatic amines is 1. The van der Waals surface area contributed by atoms with E-state index in [1.54, 1.807) is 18.2 Å². The van der Waals surface area contributed by atoms with E-state index < -0.39 is 5.97 Å². The van der Waals surface area contributed by atoms with Gasteiger partial charge in [-0.25, -0.2) is 4.79 Å². The van der Waals surface area contributed by atoms with E-state index in [0.717, 1.165) is 16.1 Å². The first-order valence-electron chi connectivity index (χ1n) is 7.15. The summed E-state index contributed by atoms with van der Waals surface area (Å²) in [6.07, 6.45) is 0.268. The van der Waals surface area contributed by atoms with Gasteiger partial charge in [0.2, 0.25) is 5.91 Å². The number of benzene rings is 1. The van der Waals surface area contributed by atoms with Crippen molar-refractivity contribution in [1.82, 2.24) is 10.3 Å². The molecule has 0 aliphatic heterocycles. The van der Waals surface area contributed by atoms with Crippen LogP contribution in [0.5, 0.6) is 5.75 Å². The van der Waals surface area contributed by atoms with Crippen molar-refractivity contribution < 1.29 is 19.1 Å². The Morgan fingerprint density at radius 1 is 1.33 bits per heavy atom. The lowest BCUT2D eigenvalue weighted by Gasteiger charge is -2.10. The van der Waals surface area contributed by atoms with Crippen molar-refractivity contribution in [3.63, 3.8) is 0 Å². The van der Waals surface area contributed by atoms with Crippen LogP contribution in [-0.2, 0) is 22.5 Å². The predicted molar refractivity (Wildman–Crippen MR) is 94.1 cm³/mol. The van der Waals surface area contributed by atoms with E-state index in [1.807, 2.05) is 6.92 Å². The lowest BCUT2D eigenvalue weighted by Crippen LogP contribution is -2.24. The van der Waals surface area contributed by atoms with Gasteiger partial charge in [0.1, 0.15) is 11.3 Å². The number of amides is 1. The molecule has 8 heteroatoms. The van der Waals surface area contributed by atoms with Crippen LogP contribution >= 0.6 is 23.6 Å². The van der Waals surface area contributed by atoms with Gasteiger partial charge in [-0.2, -0.15) is 0 Å². The highest BCUT2D eigenvalue weighted by atomic mass is 32.1. The molecule has 2 aromatic rings. The SMILES string of the molecule is COC(=O)c1cc(CNC(=O)Cc2sc(=S)[nH]c2C)ccc1OC. The third-order valence-electron chi connectivity index (χ3n) is 3.40. The minimum absolute atomic E-state index is 0.112. The molecule has 0 bridgehead atoms. The number of carbonyl (C=O) groups excluding carboxylic acids is 2. The first kappa shape index (κ1) is 18.2. The number of nitrogens with one attached hydrogen (secondary N) is 2. The molecule has 0 unspecified atom stereocenters. The monoisotopic (exact) mass is 366 g/mol. The summed E-state index contributed by atoms with van der Waals surface area (Å²) in [5.41, 5.74) is 2.02. The number of esters is 1. The molecule has 2 rings (SSSR count). The van der Waals surface area contributed by atoms with Crippen molar-refractivity contribution in [3.05, 3.63) is 43.9 Å². The Balaban J connectivity index is 2.03. The molecular formula is C16H18N2O4S2. The van der Waals surface area contributed by atoms with Gasteiger partial charge in [-0.3, -0.25) is 4.79 Å². The second kappa shape index (κ2) is 8.07. The van der Waals surface area contributed by atoms with E-state index in [-0.39, 0.29) is 12.3 Å². The number of aromatic nitrogens is 1. The Morgan fingerprint density at radius 3 is 2.67 bits per heavy atom. The average Bonchev–Trinajstić information content (AvgIpc) is 2.89. The zero-order valence-electron chi connectivity index (χ0n) is 13.6. The molecule has 6 nitrogen and oxygen atoms in total. The topological polar surface area (TPSA) is 80.4 Å². The highest BCUT2D eigenvalue weighted by molar-refractivity contribution is 7.73. The molecule has 2 N–H and O–H groups in total. The van der Waals surface area contributed by atoms with Gasteiger partial charge in [-0.15, -0.1) is 11.3 Å². The van der Waals surface area contributed by atoms with Gasteiger partial charge in [0, 0.05) is 17.1 Å². The summed E-state index contributed by atoms with van der Waals surface area (Å²) in [5.74, 6) is -0.166. The molecule has 128 valence electrons. The van der Waals surface area contributed by atoms with Crippen LogP contribution in [-0.4, -0.2) is 31.1 Å². The third kappa shape index (κ3) is 4.42. The predicted octanol–water partition coefficient (Wildman–Crippen LogP) is 2.77.